The summed E-state index contributed by atoms with van der Waals surface area (Å²) in [5.74, 6) is -1.26. The first-order chi connectivity index (χ1) is 7.10. The van der Waals surface area contributed by atoms with Crippen molar-refractivity contribution in [1.29, 1.82) is 0 Å². The average molecular weight is 214 g/mol. The second kappa shape index (κ2) is 4.88. The normalized spacial score (nSPS) is 18.4. The van der Waals surface area contributed by atoms with Gasteiger partial charge in [-0.3, -0.25) is 19.3 Å². The highest BCUT2D eigenvalue weighted by Crippen LogP contribution is 2.06. The van der Waals surface area contributed by atoms with Gasteiger partial charge in [-0.25, -0.2) is 0 Å². The molecule has 0 atom stereocenters. The lowest BCUT2D eigenvalue weighted by molar-refractivity contribution is -0.143. The van der Waals surface area contributed by atoms with Crippen LogP contribution in [0.2, 0.25) is 0 Å². The number of imide groups is 1. The Morgan fingerprint density at radius 3 is 2.40 bits per heavy atom. The van der Waals surface area contributed by atoms with E-state index in [2.05, 4.69) is 0 Å². The molecular weight excluding hydrogens is 200 g/mol. The lowest BCUT2D eigenvalue weighted by Crippen LogP contribution is -2.40. The van der Waals surface area contributed by atoms with Crippen molar-refractivity contribution in [1.82, 2.24) is 9.80 Å². The fraction of sp³-hybridized carbons (Fsp3) is 0.667. The van der Waals surface area contributed by atoms with Gasteiger partial charge in [0.05, 0.1) is 6.61 Å². The van der Waals surface area contributed by atoms with Crippen LogP contribution in [-0.4, -0.2) is 58.9 Å². The molecule has 1 aliphatic rings. The van der Waals surface area contributed by atoms with E-state index in [4.69, 9.17) is 5.11 Å². The Morgan fingerprint density at radius 1 is 1.20 bits per heavy atom. The summed E-state index contributed by atoms with van der Waals surface area (Å²) >= 11 is 0. The molecule has 3 amide bonds. The molecule has 0 aromatic carbocycles. The number of nitrogens with zero attached hydrogens (tertiary/aromatic N) is 2. The molecule has 1 saturated heterocycles. The molecule has 0 saturated carbocycles. The van der Waals surface area contributed by atoms with Crippen LogP contribution in [0.5, 0.6) is 0 Å². The van der Waals surface area contributed by atoms with Crippen molar-refractivity contribution in [3.63, 3.8) is 0 Å². The van der Waals surface area contributed by atoms with E-state index in [0.29, 0.717) is 0 Å². The Morgan fingerprint density at radius 2 is 1.87 bits per heavy atom. The number of aliphatic hydroxyl groups excluding tert-OH is 1. The Balaban J connectivity index is 2.81. The Labute approximate surface area is 87.5 Å². The molecule has 84 valence electrons. The molecule has 1 N–H and O–H groups in total. The summed E-state index contributed by atoms with van der Waals surface area (Å²) in [5.41, 5.74) is 0. The van der Waals surface area contributed by atoms with Crippen LogP contribution in [0.3, 0.4) is 0 Å². The first-order valence-electron chi connectivity index (χ1n) is 4.82. The van der Waals surface area contributed by atoms with E-state index in [9.17, 15) is 14.4 Å². The zero-order valence-electron chi connectivity index (χ0n) is 8.60. The van der Waals surface area contributed by atoms with Crippen molar-refractivity contribution in [3.8, 4) is 0 Å². The predicted molar refractivity (Wildman–Crippen MR) is 50.7 cm³/mol. The quantitative estimate of drug-likeness (QED) is 0.462. The number of aliphatic hydroxyl groups is 1. The molecule has 1 aliphatic heterocycles. The number of β-amino-alcohol motifs (C(OH)–C–C–N with tert-alkyl or cyclic N) is 1. The molecule has 1 rings (SSSR count). The van der Waals surface area contributed by atoms with Crippen molar-refractivity contribution in [2.75, 3.05) is 26.2 Å². The summed E-state index contributed by atoms with van der Waals surface area (Å²) in [6, 6.07) is 0. The van der Waals surface area contributed by atoms with Gasteiger partial charge in [0.25, 0.3) is 0 Å². The highest BCUT2D eigenvalue weighted by Gasteiger charge is 2.30. The second-order valence-corrected chi connectivity index (χ2v) is 3.25. The second-order valence-electron chi connectivity index (χ2n) is 3.25. The summed E-state index contributed by atoms with van der Waals surface area (Å²) in [7, 11) is 0. The molecule has 0 unspecified atom stereocenters. The lowest BCUT2D eigenvalue weighted by atomic mass is 10.3. The maximum absolute atomic E-state index is 11.5. The van der Waals surface area contributed by atoms with Crippen LogP contribution in [0.15, 0.2) is 0 Å². The standard InChI is InChI=1S/C9H14N2O4/c1-2-11-8(14)5-7(13)10(3-4-12)6-9(11)15/h12H,2-6H2,1H3. The molecule has 0 aromatic rings. The largest absolute Gasteiger partial charge is 0.395 e. The minimum atomic E-state index is -0.465. The SMILES string of the molecule is CCN1C(=O)CC(=O)N(CCO)CC1=O. The fourth-order valence-electron chi connectivity index (χ4n) is 1.49. The van der Waals surface area contributed by atoms with E-state index in [1.165, 1.54) is 4.90 Å². The van der Waals surface area contributed by atoms with Crippen LogP contribution in [0.25, 0.3) is 0 Å². The molecular formula is C9H14N2O4. The Bertz CT molecular complexity index is 290. The highest BCUT2D eigenvalue weighted by molar-refractivity contribution is 6.07. The zero-order chi connectivity index (χ0) is 11.4. The maximum Gasteiger partial charge on any atom is 0.248 e. The van der Waals surface area contributed by atoms with Gasteiger partial charge >= 0.3 is 0 Å². The third-order valence-electron chi connectivity index (χ3n) is 2.27. The van der Waals surface area contributed by atoms with Crippen LogP contribution in [0.4, 0.5) is 0 Å². The van der Waals surface area contributed by atoms with Crippen molar-refractivity contribution in [2.24, 2.45) is 0 Å². The summed E-state index contributed by atoms with van der Waals surface area (Å²) < 4.78 is 0. The molecule has 1 heterocycles. The van der Waals surface area contributed by atoms with E-state index in [1.54, 1.807) is 6.92 Å². The minimum absolute atomic E-state index is 0.0927. The van der Waals surface area contributed by atoms with E-state index >= 15 is 0 Å². The number of rotatable bonds is 3. The van der Waals surface area contributed by atoms with E-state index < -0.39 is 11.8 Å². The van der Waals surface area contributed by atoms with Gasteiger partial charge in [-0.2, -0.15) is 0 Å². The topological polar surface area (TPSA) is 77.9 Å². The van der Waals surface area contributed by atoms with E-state index in [1.807, 2.05) is 0 Å². The molecule has 15 heavy (non-hydrogen) atoms. The fourth-order valence-corrected chi connectivity index (χ4v) is 1.49. The van der Waals surface area contributed by atoms with Gasteiger partial charge in [0, 0.05) is 13.1 Å². The molecule has 0 aromatic heterocycles. The average Bonchev–Trinajstić information content (AvgIpc) is 2.26. The monoisotopic (exact) mass is 214 g/mol. The van der Waals surface area contributed by atoms with Gasteiger partial charge in [0.2, 0.25) is 17.7 Å². The molecule has 6 nitrogen and oxygen atoms in total. The third-order valence-corrected chi connectivity index (χ3v) is 2.27. The van der Waals surface area contributed by atoms with Gasteiger partial charge < -0.3 is 10.0 Å². The van der Waals surface area contributed by atoms with Crippen LogP contribution >= 0.6 is 0 Å². The molecule has 0 radical (unpaired) electrons. The molecule has 0 aliphatic carbocycles. The summed E-state index contributed by atoms with van der Waals surface area (Å²) in [5, 5.41) is 8.70. The van der Waals surface area contributed by atoms with Gasteiger partial charge in [-0.1, -0.05) is 0 Å². The van der Waals surface area contributed by atoms with E-state index in [0.717, 1.165) is 4.90 Å². The summed E-state index contributed by atoms with van der Waals surface area (Å²) in [6.07, 6.45) is -0.292. The van der Waals surface area contributed by atoms with Crippen LogP contribution in [0.1, 0.15) is 13.3 Å². The first kappa shape index (κ1) is 11.6. The smallest absolute Gasteiger partial charge is 0.248 e. The summed E-state index contributed by atoms with van der Waals surface area (Å²) in [6.45, 7) is 1.72. The van der Waals surface area contributed by atoms with Gasteiger partial charge in [-0.15, -0.1) is 0 Å². The van der Waals surface area contributed by atoms with Gasteiger partial charge in [-0.05, 0) is 6.92 Å². The molecule has 1 fully saturated rings. The lowest BCUT2D eigenvalue weighted by Gasteiger charge is -2.18. The Hall–Kier alpha value is -1.43. The predicted octanol–water partition coefficient (Wildman–Crippen LogP) is -1.41. The number of amides is 3. The van der Waals surface area contributed by atoms with Crippen molar-refractivity contribution in [2.45, 2.75) is 13.3 Å². The van der Waals surface area contributed by atoms with Crippen LogP contribution < -0.4 is 0 Å². The number of hydrogen-bond acceptors (Lipinski definition) is 4. The highest BCUT2D eigenvalue weighted by atomic mass is 16.3. The van der Waals surface area contributed by atoms with Gasteiger partial charge in [0.15, 0.2) is 0 Å². The minimum Gasteiger partial charge on any atom is -0.395 e. The number of likely N-dealkylation sites (N-methyl/N-ethyl adjacent to an activating group) is 1. The van der Waals surface area contributed by atoms with Crippen LogP contribution in [-0.2, 0) is 14.4 Å². The molecule has 6 heteroatoms. The first-order valence-corrected chi connectivity index (χ1v) is 4.82. The van der Waals surface area contributed by atoms with Crippen LogP contribution in [0, 0.1) is 0 Å². The van der Waals surface area contributed by atoms with Crippen molar-refractivity contribution < 1.29 is 19.5 Å². The summed E-state index contributed by atoms with van der Waals surface area (Å²) in [4.78, 5) is 36.6. The third kappa shape index (κ3) is 2.53. The maximum atomic E-state index is 11.5. The van der Waals surface area contributed by atoms with Crippen molar-refractivity contribution >= 4 is 17.7 Å². The molecule has 0 spiro atoms. The van der Waals surface area contributed by atoms with Crippen molar-refractivity contribution in [3.05, 3.63) is 0 Å². The number of carbonyl (C=O) groups is 3. The van der Waals surface area contributed by atoms with E-state index in [-0.39, 0.29) is 38.6 Å². The number of hydrogen-bond donors (Lipinski definition) is 1. The zero-order valence-corrected chi connectivity index (χ0v) is 8.60. The number of carbonyl (C=O) groups excluding carboxylic acids is 3. The molecule has 0 bridgehead atoms. The Kier molecular flexibility index (Phi) is 3.79. The van der Waals surface area contributed by atoms with Gasteiger partial charge in [0.1, 0.15) is 13.0 Å².